The van der Waals surface area contributed by atoms with Crippen molar-refractivity contribution in [3.8, 4) is 0 Å². The first-order valence-corrected chi connectivity index (χ1v) is 9.06. The molecule has 1 aromatic carbocycles. The van der Waals surface area contributed by atoms with Gasteiger partial charge in [0.15, 0.2) is 0 Å². The molecule has 0 aliphatic carbocycles. The van der Waals surface area contributed by atoms with E-state index in [4.69, 9.17) is 4.74 Å². The van der Waals surface area contributed by atoms with Gasteiger partial charge in [0.25, 0.3) is 0 Å². The van der Waals surface area contributed by atoms with Crippen molar-refractivity contribution >= 4 is 39.6 Å². The quantitative estimate of drug-likeness (QED) is 0.187. The molecule has 2 aliphatic heterocycles. The van der Waals surface area contributed by atoms with Crippen LogP contribution in [0.2, 0.25) is 0 Å². The zero-order valence-corrected chi connectivity index (χ0v) is 15.3. The first-order chi connectivity index (χ1) is 11.2. The van der Waals surface area contributed by atoms with Crippen LogP contribution in [0.25, 0.3) is 0 Å². The van der Waals surface area contributed by atoms with E-state index in [1.165, 1.54) is 28.8 Å². The fourth-order valence-corrected chi connectivity index (χ4v) is 5.32. The second-order valence-corrected chi connectivity index (χ2v) is 8.90. The highest BCUT2D eigenvalue weighted by Gasteiger charge is 2.63. The summed E-state index contributed by atoms with van der Waals surface area (Å²) in [4.78, 5) is 36.5. The van der Waals surface area contributed by atoms with E-state index in [1.54, 1.807) is 18.2 Å². The van der Waals surface area contributed by atoms with Crippen molar-refractivity contribution in [2.24, 2.45) is 0 Å². The summed E-state index contributed by atoms with van der Waals surface area (Å²) in [5, 5.41) is 11.2. The second-order valence-electron chi connectivity index (χ2n) is 6.15. The number of fused-ring (bicyclic) bond motifs is 1. The van der Waals surface area contributed by atoms with Gasteiger partial charge in [0, 0.05) is 4.75 Å². The topological polar surface area (TPSA) is 89.8 Å². The van der Waals surface area contributed by atoms with Crippen molar-refractivity contribution in [1.29, 1.82) is 0 Å². The number of nitrogens with zero attached hydrogens (tertiary/aromatic N) is 2. The van der Waals surface area contributed by atoms with Crippen molar-refractivity contribution in [2.45, 2.75) is 41.1 Å². The van der Waals surface area contributed by atoms with Gasteiger partial charge in [-0.05, 0) is 26.0 Å². The Balaban J connectivity index is 1.83. The molecule has 128 valence electrons. The minimum absolute atomic E-state index is 0.157. The summed E-state index contributed by atoms with van der Waals surface area (Å²) in [5.41, 5.74) is 0.282. The van der Waals surface area contributed by atoms with Gasteiger partial charge < -0.3 is 9.64 Å². The molecule has 1 unspecified atom stereocenters. The van der Waals surface area contributed by atoms with Crippen molar-refractivity contribution in [3.63, 3.8) is 0 Å². The van der Waals surface area contributed by atoms with Crippen LogP contribution < -0.4 is 0 Å². The van der Waals surface area contributed by atoms with Crippen LogP contribution >= 0.6 is 27.7 Å². The van der Waals surface area contributed by atoms with E-state index in [0.29, 0.717) is 0 Å². The molecule has 2 saturated heterocycles. The lowest BCUT2D eigenvalue weighted by Crippen LogP contribution is -2.63. The first-order valence-electron chi connectivity index (χ1n) is 7.27. The monoisotopic (exact) mass is 414 g/mol. The molecule has 0 radical (unpaired) electrons. The maximum Gasteiger partial charge on any atom is 0.382 e. The van der Waals surface area contributed by atoms with Crippen LogP contribution in [0.4, 0.5) is 0 Å². The van der Waals surface area contributed by atoms with E-state index in [-0.39, 0.29) is 21.7 Å². The summed E-state index contributed by atoms with van der Waals surface area (Å²) >= 11 is 4.78. The zero-order valence-electron chi connectivity index (χ0n) is 12.9. The minimum Gasteiger partial charge on any atom is -0.393 e. The molecule has 2 aliphatic rings. The largest absolute Gasteiger partial charge is 0.393 e. The molecule has 4 atom stereocenters. The Morgan fingerprint density at radius 1 is 1.42 bits per heavy atom. The number of β-lactam (4-membered cyclic amide) rings is 1. The van der Waals surface area contributed by atoms with Crippen LogP contribution in [0.3, 0.4) is 0 Å². The fraction of sp³-hybridized carbons (Fsp3) is 0.467. The standard InChI is InChI=1S/C15H15BrN2O5S/c1-15(2)10(17-11(19)9(16)13(17)24-15)14(20)23-12(18(21)22)8-6-4-3-5-7-8/h3-7,9-10,12-13H,1-2H3/t9-,10+,12?,13-/m1/s1. The fourth-order valence-electron chi connectivity index (χ4n) is 2.97. The lowest BCUT2D eigenvalue weighted by Gasteiger charge is -2.41. The number of carbonyl (C=O) groups is 2. The highest BCUT2D eigenvalue weighted by atomic mass is 79.9. The van der Waals surface area contributed by atoms with Gasteiger partial charge in [0.2, 0.25) is 5.91 Å². The predicted octanol–water partition coefficient (Wildman–Crippen LogP) is 2.33. The van der Waals surface area contributed by atoms with E-state index < -0.39 is 27.9 Å². The molecule has 3 rings (SSSR count). The van der Waals surface area contributed by atoms with Gasteiger partial charge in [-0.25, -0.2) is 4.79 Å². The van der Waals surface area contributed by atoms with Crippen LogP contribution in [0, 0.1) is 10.1 Å². The minimum atomic E-state index is -1.59. The molecule has 0 saturated carbocycles. The summed E-state index contributed by atoms with van der Waals surface area (Å²) in [6, 6.07) is 7.21. The smallest absolute Gasteiger partial charge is 0.382 e. The number of alkyl halides is 1. The number of carbonyl (C=O) groups excluding carboxylic acids is 2. The van der Waals surface area contributed by atoms with Gasteiger partial charge in [0.1, 0.15) is 16.2 Å². The Morgan fingerprint density at radius 2 is 2.04 bits per heavy atom. The maximum absolute atomic E-state index is 12.6. The van der Waals surface area contributed by atoms with E-state index in [2.05, 4.69) is 15.9 Å². The van der Waals surface area contributed by atoms with Gasteiger partial charge in [-0.15, -0.1) is 11.8 Å². The van der Waals surface area contributed by atoms with Gasteiger partial charge >= 0.3 is 12.2 Å². The molecule has 24 heavy (non-hydrogen) atoms. The highest BCUT2D eigenvalue weighted by molar-refractivity contribution is 9.10. The molecule has 0 N–H and O–H groups in total. The summed E-state index contributed by atoms with van der Waals surface area (Å²) < 4.78 is 4.61. The zero-order chi connectivity index (χ0) is 17.6. The molecule has 2 heterocycles. The normalized spacial score (nSPS) is 28.7. The van der Waals surface area contributed by atoms with Gasteiger partial charge in [-0.2, -0.15) is 0 Å². The molecule has 1 aromatic rings. The number of halogens is 1. The van der Waals surface area contributed by atoms with Crippen molar-refractivity contribution < 1.29 is 19.2 Å². The number of hydrogen-bond donors (Lipinski definition) is 0. The molecule has 1 amide bonds. The third kappa shape index (κ3) is 2.69. The SMILES string of the molecule is CC1(C)S[C@@H]2[C@H](Br)C(=O)N2[C@H]1C(=O)OC(c1ccccc1)[N+](=O)[O-]. The van der Waals surface area contributed by atoms with Gasteiger partial charge in [-0.1, -0.05) is 34.1 Å². The highest BCUT2D eigenvalue weighted by Crippen LogP contribution is 2.53. The summed E-state index contributed by atoms with van der Waals surface area (Å²) in [6.07, 6.45) is -1.59. The van der Waals surface area contributed by atoms with E-state index in [1.807, 2.05) is 13.8 Å². The van der Waals surface area contributed by atoms with Crippen LogP contribution in [0.5, 0.6) is 0 Å². The number of thioether (sulfide) groups is 1. The van der Waals surface area contributed by atoms with Crippen molar-refractivity contribution in [3.05, 3.63) is 46.0 Å². The van der Waals surface area contributed by atoms with Gasteiger partial charge in [-0.3, -0.25) is 14.9 Å². The van der Waals surface area contributed by atoms with Crippen LogP contribution in [0.15, 0.2) is 30.3 Å². The number of hydrogen-bond acceptors (Lipinski definition) is 6. The summed E-state index contributed by atoms with van der Waals surface area (Å²) in [7, 11) is 0. The number of esters is 1. The number of nitro groups is 1. The predicted molar refractivity (Wildman–Crippen MR) is 91.1 cm³/mol. The van der Waals surface area contributed by atoms with E-state index in [0.717, 1.165) is 0 Å². The molecule has 2 fully saturated rings. The Kier molecular flexibility index (Phi) is 4.33. The molecule has 0 spiro atoms. The maximum atomic E-state index is 12.6. The first kappa shape index (κ1) is 17.2. The molecule has 7 nitrogen and oxygen atoms in total. The average Bonchev–Trinajstić information content (AvgIpc) is 2.81. The Bertz CT molecular complexity index is 698. The Hall–Kier alpha value is -1.61. The van der Waals surface area contributed by atoms with Crippen LogP contribution in [-0.4, -0.2) is 42.7 Å². The van der Waals surface area contributed by atoms with Gasteiger partial charge in [0.05, 0.1) is 10.5 Å². The van der Waals surface area contributed by atoms with Crippen LogP contribution in [-0.2, 0) is 14.3 Å². The summed E-state index contributed by atoms with van der Waals surface area (Å²) in [6.45, 7) is 3.66. The third-order valence-corrected chi connectivity index (χ3v) is 6.92. The Morgan fingerprint density at radius 3 is 2.62 bits per heavy atom. The Labute approximate surface area is 151 Å². The van der Waals surface area contributed by atoms with E-state index >= 15 is 0 Å². The van der Waals surface area contributed by atoms with E-state index in [9.17, 15) is 19.7 Å². The molecular weight excluding hydrogens is 400 g/mol. The molecule has 0 bridgehead atoms. The second kappa shape index (κ2) is 6.03. The number of rotatable bonds is 4. The number of benzene rings is 1. The number of ether oxygens (including phenoxy) is 1. The molecule has 0 aromatic heterocycles. The third-order valence-electron chi connectivity index (χ3n) is 4.10. The number of amides is 1. The lowest BCUT2D eigenvalue weighted by molar-refractivity contribution is -0.576. The lowest BCUT2D eigenvalue weighted by atomic mass is 9.98. The molecular formula is C15H15BrN2O5S. The van der Waals surface area contributed by atoms with Crippen molar-refractivity contribution in [2.75, 3.05) is 0 Å². The average molecular weight is 415 g/mol. The molecule has 9 heteroatoms. The van der Waals surface area contributed by atoms with Crippen molar-refractivity contribution in [1.82, 2.24) is 4.90 Å². The van der Waals surface area contributed by atoms with Crippen LogP contribution in [0.1, 0.15) is 25.6 Å². The summed E-state index contributed by atoms with van der Waals surface area (Å²) in [5.74, 6) is -0.953.